The van der Waals surface area contributed by atoms with Gasteiger partial charge in [-0.25, -0.2) is 0 Å². The number of amides is 2. The molecular weight excluding hydrogens is 290 g/mol. The molecule has 1 aromatic carbocycles. The Morgan fingerprint density at radius 2 is 1.96 bits per heavy atom. The van der Waals surface area contributed by atoms with Gasteiger partial charge in [0.2, 0.25) is 5.91 Å². The maximum Gasteiger partial charge on any atom is 0.253 e. The van der Waals surface area contributed by atoms with Crippen molar-refractivity contribution in [3.63, 3.8) is 0 Å². The van der Waals surface area contributed by atoms with E-state index < -0.39 is 0 Å². The van der Waals surface area contributed by atoms with Gasteiger partial charge in [0.15, 0.2) is 0 Å². The van der Waals surface area contributed by atoms with Crippen molar-refractivity contribution in [1.29, 1.82) is 0 Å². The van der Waals surface area contributed by atoms with E-state index in [0.717, 1.165) is 31.5 Å². The molecule has 1 unspecified atom stereocenters. The van der Waals surface area contributed by atoms with Gasteiger partial charge in [0.25, 0.3) is 5.91 Å². The lowest BCUT2D eigenvalue weighted by atomic mass is 9.96. The van der Waals surface area contributed by atoms with Gasteiger partial charge in [0, 0.05) is 45.0 Å². The largest absolute Gasteiger partial charge is 0.378 e. The predicted molar refractivity (Wildman–Crippen MR) is 92.7 cm³/mol. The number of anilines is 1. The summed E-state index contributed by atoms with van der Waals surface area (Å²) < 4.78 is 0. The van der Waals surface area contributed by atoms with Gasteiger partial charge in [0.1, 0.15) is 0 Å². The van der Waals surface area contributed by atoms with Crippen LogP contribution in [0.3, 0.4) is 0 Å². The molecule has 2 amide bonds. The monoisotopic (exact) mass is 317 g/mol. The Morgan fingerprint density at radius 1 is 1.26 bits per heavy atom. The van der Waals surface area contributed by atoms with Gasteiger partial charge in [-0.05, 0) is 43.5 Å². The third-order valence-electron chi connectivity index (χ3n) is 4.26. The number of carbonyl (C=O) groups is 2. The van der Waals surface area contributed by atoms with Gasteiger partial charge in [0.05, 0.1) is 5.92 Å². The van der Waals surface area contributed by atoms with Gasteiger partial charge in [-0.2, -0.15) is 0 Å². The highest BCUT2D eigenvalue weighted by Gasteiger charge is 2.28. The fourth-order valence-electron chi connectivity index (χ4n) is 2.85. The first-order valence-electron chi connectivity index (χ1n) is 8.37. The summed E-state index contributed by atoms with van der Waals surface area (Å²) in [5, 5.41) is 2.94. The number of hydrogen-bond donors (Lipinski definition) is 1. The van der Waals surface area contributed by atoms with Crippen LogP contribution in [-0.4, -0.2) is 50.4 Å². The van der Waals surface area contributed by atoms with Crippen molar-refractivity contribution in [2.45, 2.75) is 26.2 Å². The van der Waals surface area contributed by atoms with Crippen molar-refractivity contribution in [2.75, 3.05) is 38.6 Å². The third-order valence-corrected chi connectivity index (χ3v) is 4.26. The van der Waals surface area contributed by atoms with E-state index in [1.807, 2.05) is 55.1 Å². The van der Waals surface area contributed by atoms with Crippen molar-refractivity contribution in [3.05, 3.63) is 29.8 Å². The predicted octanol–water partition coefficient (Wildman–Crippen LogP) is 2.13. The molecule has 0 bridgehead atoms. The maximum absolute atomic E-state index is 12.6. The average Bonchev–Trinajstić information content (AvgIpc) is 2.59. The first-order chi connectivity index (χ1) is 11.0. The first kappa shape index (κ1) is 17.3. The van der Waals surface area contributed by atoms with E-state index in [0.29, 0.717) is 18.7 Å². The van der Waals surface area contributed by atoms with Crippen LogP contribution >= 0.6 is 0 Å². The second-order valence-electron chi connectivity index (χ2n) is 6.32. The minimum atomic E-state index is -0.0831. The molecule has 1 aliphatic rings. The molecule has 1 fully saturated rings. The van der Waals surface area contributed by atoms with Crippen molar-refractivity contribution < 1.29 is 9.59 Å². The smallest absolute Gasteiger partial charge is 0.253 e. The second kappa shape index (κ2) is 7.99. The average molecular weight is 317 g/mol. The molecule has 1 aromatic rings. The lowest BCUT2D eigenvalue weighted by Gasteiger charge is -2.32. The number of benzene rings is 1. The van der Waals surface area contributed by atoms with E-state index in [-0.39, 0.29) is 17.7 Å². The zero-order valence-corrected chi connectivity index (χ0v) is 14.3. The Kier molecular flexibility index (Phi) is 6.02. The Hall–Kier alpha value is -2.04. The minimum Gasteiger partial charge on any atom is -0.378 e. The summed E-state index contributed by atoms with van der Waals surface area (Å²) in [7, 11) is 3.95. The normalized spacial score (nSPS) is 17.7. The maximum atomic E-state index is 12.6. The minimum absolute atomic E-state index is 0.0169. The number of likely N-dealkylation sites (tertiary alicyclic amines) is 1. The number of hydrogen-bond acceptors (Lipinski definition) is 3. The van der Waals surface area contributed by atoms with Crippen molar-refractivity contribution >= 4 is 17.5 Å². The summed E-state index contributed by atoms with van der Waals surface area (Å²) >= 11 is 0. The van der Waals surface area contributed by atoms with E-state index in [9.17, 15) is 9.59 Å². The molecular formula is C18H27N3O2. The van der Waals surface area contributed by atoms with E-state index in [1.165, 1.54) is 0 Å². The van der Waals surface area contributed by atoms with E-state index in [2.05, 4.69) is 5.32 Å². The molecule has 0 aliphatic carbocycles. The fourth-order valence-corrected chi connectivity index (χ4v) is 2.85. The summed E-state index contributed by atoms with van der Waals surface area (Å²) in [4.78, 5) is 28.6. The van der Waals surface area contributed by atoms with Gasteiger partial charge >= 0.3 is 0 Å². The van der Waals surface area contributed by atoms with Crippen LogP contribution in [0.2, 0.25) is 0 Å². The standard InChI is InChI=1S/C18H27N3O2/c1-4-11-19-17(22)15-6-5-12-21(13-15)18(23)14-7-9-16(10-8-14)20(2)3/h7-10,15H,4-6,11-13H2,1-3H3,(H,19,22). The van der Waals surface area contributed by atoms with Crippen LogP contribution in [0.4, 0.5) is 5.69 Å². The van der Waals surface area contributed by atoms with Crippen molar-refractivity contribution in [1.82, 2.24) is 10.2 Å². The molecule has 5 nitrogen and oxygen atoms in total. The third kappa shape index (κ3) is 4.47. The van der Waals surface area contributed by atoms with Crippen LogP contribution in [0.5, 0.6) is 0 Å². The topological polar surface area (TPSA) is 52.7 Å². The SMILES string of the molecule is CCCNC(=O)C1CCCN(C(=O)c2ccc(N(C)C)cc2)C1. The number of rotatable bonds is 5. The molecule has 1 atom stereocenters. The molecule has 0 saturated carbocycles. The highest BCUT2D eigenvalue weighted by atomic mass is 16.2. The van der Waals surface area contributed by atoms with Crippen molar-refractivity contribution in [3.8, 4) is 0 Å². The highest BCUT2D eigenvalue weighted by Crippen LogP contribution is 2.20. The zero-order chi connectivity index (χ0) is 16.8. The van der Waals surface area contributed by atoms with E-state index in [1.54, 1.807) is 0 Å². The number of piperidine rings is 1. The molecule has 1 aliphatic heterocycles. The summed E-state index contributed by atoms with van der Waals surface area (Å²) in [5.41, 5.74) is 1.75. The van der Waals surface area contributed by atoms with Gasteiger partial charge in [-0.3, -0.25) is 9.59 Å². The molecule has 23 heavy (non-hydrogen) atoms. The fraction of sp³-hybridized carbons (Fsp3) is 0.556. The molecule has 126 valence electrons. The molecule has 1 saturated heterocycles. The number of nitrogens with zero attached hydrogens (tertiary/aromatic N) is 2. The Labute approximate surface area is 138 Å². The molecule has 0 radical (unpaired) electrons. The molecule has 0 aromatic heterocycles. The van der Waals surface area contributed by atoms with Crippen LogP contribution < -0.4 is 10.2 Å². The van der Waals surface area contributed by atoms with Crippen LogP contribution in [0.25, 0.3) is 0 Å². The summed E-state index contributed by atoms with van der Waals surface area (Å²) in [5.74, 6) is 0.0101. The van der Waals surface area contributed by atoms with Crippen LogP contribution in [0.15, 0.2) is 24.3 Å². The summed E-state index contributed by atoms with van der Waals surface area (Å²) in [6.45, 7) is 3.99. The van der Waals surface area contributed by atoms with E-state index in [4.69, 9.17) is 0 Å². The number of nitrogens with one attached hydrogen (secondary N) is 1. The molecule has 1 N–H and O–H groups in total. The highest BCUT2D eigenvalue weighted by molar-refractivity contribution is 5.95. The first-order valence-corrected chi connectivity index (χ1v) is 8.37. The van der Waals surface area contributed by atoms with Gasteiger partial charge < -0.3 is 15.1 Å². The second-order valence-corrected chi connectivity index (χ2v) is 6.32. The Morgan fingerprint density at radius 3 is 2.57 bits per heavy atom. The van der Waals surface area contributed by atoms with Crippen LogP contribution in [0, 0.1) is 5.92 Å². The van der Waals surface area contributed by atoms with Crippen LogP contribution in [-0.2, 0) is 4.79 Å². The lowest BCUT2D eigenvalue weighted by molar-refractivity contribution is -0.126. The zero-order valence-electron chi connectivity index (χ0n) is 14.3. The Bertz CT molecular complexity index is 540. The van der Waals surface area contributed by atoms with E-state index >= 15 is 0 Å². The summed E-state index contributed by atoms with van der Waals surface area (Å²) in [6.07, 6.45) is 2.67. The molecule has 5 heteroatoms. The molecule has 1 heterocycles. The molecule has 2 rings (SSSR count). The van der Waals surface area contributed by atoms with Gasteiger partial charge in [-0.15, -0.1) is 0 Å². The van der Waals surface area contributed by atoms with Gasteiger partial charge in [-0.1, -0.05) is 6.92 Å². The number of carbonyl (C=O) groups excluding carboxylic acids is 2. The quantitative estimate of drug-likeness (QED) is 0.905. The molecule has 0 spiro atoms. The lowest BCUT2D eigenvalue weighted by Crippen LogP contribution is -2.45. The van der Waals surface area contributed by atoms with Crippen LogP contribution in [0.1, 0.15) is 36.5 Å². The summed E-state index contributed by atoms with van der Waals surface area (Å²) in [6, 6.07) is 7.61. The van der Waals surface area contributed by atoms with Crippen molar-refractivity contribution in [2.24, 2.45) is 5.92 Å². The Balaban J connectivity index is 2.00.